The third-order valence-electron chi connectivity index (χ3n) is 5.92. The highest BCUT2D eigenvalue weighted by Gasteiger charge is 2.55. The van der Waals surface area contributed by atoms with Gasteiger partial charge in [-0.15, -0.1) is 0 Å². The van der Waals surface area contributed by atoms with E-state index in [1.165, 1.54) is 45.8 Å². The Balaban J connectivity index is 1.40. The topological polar surface area (TPSA) is 9.72 Å². The average molecular weight is 279 g/mol. The number of rotatable bonds is 3. The van der Waals surface area contributed by atoms with Gasteiger partial charge in [0.15, 0.2) is 0 Å². The van der Waals surface area contributed by atoms with E-state index in [1.807, 2.05) is 0 Å². The highest BCUT2D eigenvalue weighted by molar-refractivity contribution is 5.06. The fraction of sp³-hybridized carbons (Fsp3) is 1.00. The van der Waals surface area contributed by atoms with Gasteiger partial charge in [-0.25, -0.2) is 0 Å². The van der Waals surface area contributed by atoms with Crippen LogP contribution in [-0.2, 0) is 0 Å². The van der Waals surface area contributed by atoms with Gasteiger partial charge < -0.3 is 9.80 Å². The second-order valence-corrected chi connectivity index (χ2v) is 8.50. The van der Waals surface area contributed by atoms with Crippen LogP contribution in [-0.4, -0.2) is 72.1 Å². The lowest BCUT2D eigenvalue weighted by molar-refractivity contribution is 0.0575. The van der Waals surface area contributed by atoms with Crippen LogP contribution in [0, 0.1) is 17.8 Å². The van der Waals surface area contributed by atoms with Crippen LogP contribution in [0.5, 0.6) is 0 Å². The third-order valence-corrected chi connectivity index (χ3v) is 5.92. The maximum absolute atomic E-state index is 2.73. The molecule has 3 fully saturated rings. The minimum atomic E-state index is 0.347. The molecule has 3 nitrogen and oxygen atoms in total. The van der Waals surface area contributed by atoms with Crippen molar-refractivity contribution in [1.29, 1.82) is 0 Å². The smallest absolute Gasteiger partial charge is 0.0126 e. The molecule has 3 rings (SSSR count). The molecule has 116 valence electrons. The Bertz CT molecular complexity index is 327. The van der Waals surface area contributed by atoms with Gasteiger partial charge in [-0.3, -0.25) is 4.90 Å². The summed E-state index contributed by atoms with van der Waals surface area (Å²) in [6, 6.07) is 0.749. The number of nitrogens with zero attached hydrogens (tertiary/aromatic N) is 3. The molecule has 2 heterocycles. The van der Waals surface area contributed by atoms with Gasteiger partial charge in [-0.05, 0) is 52.4 Å². The molecule has 1 saturated carbocycles. The molecule has 0 unspecified atom stereocenters. The second kappa shape index (κ2) is 5.26. The summed E-state index contributed by atoms with van der Waals surface area (Å²) >= 11 is 0. The normalized spacial score (nSPS) is 36.6. The Morgan fingerprint density at radius 2 is 1.50 bits per heavy atom. The Morgan fingerprint density at radius 3 is 1.95 bits per heavy atom. The van der Waals surface area contributed by atoms with Crippen molar-refractivity contribution in [2.24, 2.45) is 17.8 Å². The van der Waals surface area contributed by atoms with E-state index >= 15 is 0 Å². The van der Waals surface area contributed by atoms with Crippen molar-refractivity contribution in [3.63, 3.8) is 0 Å². The van der Waals surface area contributed by atoms with E-state index in [4.69, 9.17) is 0 Å². The molecule has 2 saturated heterocycles. The minimum absolute atomic E-state index is 0.347. The van der Waals surface area contributed by atoms with Crippen molar-refractivity contribution in [2.45, 2.75) is 46.2 Å². The van der Waals surface area contributed by atoms with Crippen LogP contribution >= 0.6 is 0 Å². The average Bonchev–Trinajstić information content (AvgIpc) is 2.83. The van der Waals surface area contributed by atoms with Crippen LogP contribution in [0.2, 0.25) is 0 Å². The first kappa shape index (κ1) is 14.8. The predicted octanol–water partition coefficient (Wildman–Crippen LogP) is 1.99. The number of piperazine rings is 1. The van der Waals surface area contributed by atoms with Gasteiger partial charge in [0.1, 0.15) is 0 Å². The van der Waals surface area contributed by atoms with Gasteiger partial charge >= 0.3 is 0 Å². The standard InChI is InChI=1S/C17H33N3/c1-13(2)19-11-15-14(16(15)12-19)10-18-6-8-20(9-7-18)17(3,4)5/h13-16H,6-12H2,1-5H3/t14-,15-,16+. The van der Waals surface area contributed by atoms with Gasteiger partial charge in [0.25, 0.3) is 0 Å². The van der Waals surface area contributed by atoms with Crippen LogP contribution in [0.1, 0.15) is 34.6 Å². The van der Waals surface area contributed by atoms with Crippen molar-refractivity contribution >= 4 is 0 Å². The molecule has 20 heavy (non-hydrogen) atoms. The molecular weight excluding hydrogens is 246 g/mol. The number of hydrogen-bond acceptors (Lipinski definition) is 3. The number of likely N-dealkylation sites (tertiary alicyclic amines) is 1. The largest absolute Gasteiger partial charge is 0.300 e. The van der Waals surface area contributed by atoms with E-state index in [9.17, 15) is 0 Å². The van der Waals surface area contributed by atoms with Gasteiger partial charge in [-0.1, -0.05) is 0 Å². The lowest BCUT2D eigenvalue weighted by Crippen LogP contribution is -2.53. The maximum Gasteiger partial charge on any atom is 0.0126 e. The van der Waals surface area contributed by atoms with Crippen molar-refractivity contribution in [2.75, 3.05) is 45.8 Å². The zero-order valence-corrected chi connectivity index (χ0v) is 14.1. The van der Waals surface area contributed by atoms with Gasteiger partial charge in [0, 0.05) is 57.4 Å². The summed E-state index contributed by atoms with van der Waals surface area (Å²) in [4.78, 5) is 8.03. The predicted molar refractivity (Wildman–Crippen MR) is 84.9 cm³/mol. The molecule has 0 aromatic rings. The van der Waals surface area contributed by atoms with Crippen LogP contribution in [0.3, 0.4) is 0 Å². The molecule has 0 spiro atoms. The van der Waals surface area contributed by atoms with E-state index in [-0.39, 0.29) is 0 Å². The first-order valence-corrected chi connectivity index (χ1v) is 8.57. The molecule has 0 bridgehead atoms. The van der Waals surface area contributed by atoms with Crippen molar-refractivity contribution in [3.8, 4) is 0 Å². The van der Waals surface area contributed by atoms with E-state index in [0.29, 0.717) is 5.54 Å². The van der Waals surface area contributed by atoms with E-state index in [2.05, 4.69) is 49.3 Å². The Kier molecular flexibility index (Phi) is 3.89. The van der Waals surface area contributed by atoms with E-state index in [1.54, 1.807) is 0 Å². The summed E-state index contributed by atoms with van der Waals surface area (Å²) in [5, 5.41) is 0. The number of piperidine rings is 1. The molecule has 3 heteroatoms. The van der Waals surface area contributed by atoms with E-state index in [0.717, 1.165) is 23.8 Å². The summed E-state index contributed by atoms with van der Waals surface area (Å²) in [5.41, 5.74) is 0.347. The Hall–Kier alpha value is -0.120. The molecule has 3 aliphatic rings. The van der Waals surface area contributed by atoms with Crippen molar-refractivity contribution in [1.82, 2.24) is 14.7 Å². The quantitative estimate of drug-likeness (QED) is 0.782. The molecular formula is C17H33N3. The third kappa shape index (κ3) is 2.90. The fourth-order valence-corrected chi connectivity index (χ4v) is 4.27. The zero-order valence-electron chi connectivity index (χ0n) is 14.1. The van der Waals surface area contributed by atoms with Crippen LogP contribution in [0.15, 0.2) is 0 Å². The number of fused-ring (bicyclic) bond motifs is 1. The highest BCUT2D eigenvalue weighted by Crippen LogP contribution is 2.52. The second-order valence-electron chi connectivity index (χ2n) is 8.50. The van der Waals surface area contributed by atoms with Gasteiger partial charge in [-0.2, -0.15) is 0 Å². The molecule has 0 aromatic carbocycles. The molecule has 0 radical (unpaired) electrons. The van der Waals surface area contributed by atoms with Gasteiger partial charge in [0.2, 0.25) is 0 Å². The molecule has 3 atom stereocenters. The summed E-state index contributed by atoms with van der Waals surface area (Å²) in [7, 11) is 0. The molecule has 1 aliphatic carbocycles. The molecule has 0 N–H and O–H groups in total. The minimum Gasteiger partial charge on any atom is -0.300 e. The molecule has 2 aliphatic heterocycles. The first-order chi connectivity index (χ1) is 9.36. The van der Waals surface area contributed by atoms with Crippen LogP contribution < -0.4 is 0 Å². The Morgan fingerprint density at radius 1 is 0.950 bits per heavy atom. The summed E-state index contributed by atoms with van der Waals surface area (Å²) in [5.74, 6) is 3.07. The SMILES string of the molecule is CC(C)N1C[C@@H]2[C@@H](CN3CCN(C(C)(C)C)CC3)[C@@H]2C1. The molecule has 0 aromatic heterocycles. The maximum atomic E-state index is 2.73. The Labute approximate surface area is 125 Å². The summed E-state index contributed by atoms with van der Waals surface area (Å²) < 4.78 is 0. The highest BCUT2D eigenvalue weighted by atomic mass is 15.3. The summed E-state index contributed by atoms with van der Waals surface area (Å²) in [6.07, 6.45) is 0. The number of hydrogen-bond donors (Lipinski definition) is 0. The monoisotopic (exact) mass is 279 g/mol. The van der Waals surface area contributed by atoms with E-state index < -0.39 is 0 Å². The fourth-order valence-electron chi connectivity index (χ4n) is 4.27. The van der Waals surface area contributed by atoms with Crippen molar-refractivity contribution < 1.29 is 0 Å². The first-order valence-electron chi connectivity index (χ1n) is 8.57. The van der Waals surface area contributed by atoms with Crippen LogP contribution in [0.4, 0.5) is 0 Å². The van der Waals surface area contributed by atoms with Crippen LogP contribution in [0.25, 0.3) is 0 Å². The lowest BCUT2D eigenvalue weighted by Gasteiger charge is -2.42. The lowest BCUT2D eigenvalue weighted by atomic mass is 10.0. The van der Waals surface area contributed by atoms with Crippen molar-refractivity contribution in [3.05, 3.63) is 0 Å². The zero-order chi connectivity index (χ0) is 14.5. The summed E-state index contributed by atoms with van der Waals surface area (Å²) in [6.45, 7) is 20.9. The molecule has 0 amide bonds. The van der Waals surface area contributed by atoms with Gasteiger partial charge in [0.05, 0.1) is 0 Å².